The zero-order valence-corrected chi connectivity index (χ0v) is 17.0. The molecule has 1 aliphatic carbocycles. The molecule has 0 heterocycles. The lowest BCUT2D eigenvalue weighted by molar-refractivity contribution is 0.331. The van der Waals surface area contributed by atoms with Crippen molar-refractivity contribution in [1.82, 2.24) is 0 Å². The fraction of sp³-hybridized carbons (Fsp3) is 0.583. The zero-order valence-electron chi connectivity index (χ0n) is 17.0. The highest BCUT2D eigenvalue weighted by Crippen LogP contribution is 2.34. The minimum Gasteiger partial charge on any atom is -0.0998 e. The lowest BCUT2D eigenvalue weighted by Gasteiger charge is -2.29. The van der Waals surface area contributed by atoms with Gasteiger partial charge in [-0.2, -0.15) is 0 Å². The lowest BCUT2D eigenvalue weighted by Crippen LogP contribution is -2.19. The highest BCUT2D eigenvalue weighted by Gasteiger charge is 2.23. The monoisotopic (exact) mass is 328 g/mol. The van der Waals surface area contributed by atoms with E-state index in [1.165, 1.54) is 43.2 Å². The molecule has 136 valence electrons. The van der Waals surface area contributed by atoms with Gasteiger partial charge in [-0.1, -0.05) is 89.3 Å². The predicted molar refractivity (Wildman–Crippen MR) is 111 cm³/mol. The van der Waals surface area contributed by atoms with Crippen LogP contribution in [0.5, 0.6) is 0 Å². The molecule has 0 fully saturated rings. The molecule has 1 aromatic carbocycles. The summed E-state index contributed by atoms with van der Waals surface area (Å²) < 4.78 is 0. The van der Waals surface area contributed by atoms with Crippen molar-refractivity contribution in [1.29, 1.82) is 0 Å². The molecule has 0 bridgehead atoms. The first-order valence-electron chi connectivity index (χ1n) is 10.0. The van der Waals surface area contributed by atoms with Crippen LogP contribution >= 0.6 is 0 Å². The third-order valence-corrected chi connectivity index (χ3v) is 4.52. The maximum Gasteiger partial charge on any atom is -0.0143 e. The van der Waals surface area contributed by atoms with Crippen molar-refractivity contribution in [2.75, 3.05) is 0 Å². The molecule has 0 nitrogen and oxygen atoms in total. The van der Waals surface area contributed by atoms with Gasteiger partial charge >= 0.3 is 0 Å². The minimum atomic E-state index is 0.658. The van der Waals surface area contributed by atoms with Gasteiger partial charge in [-0.15, -0.1) is 0 Å². The van der Waals surface area contributed by atoms with Gasteiger partial charge in [0, 0.05) is 0 Å². The average Bonchev–Trinajstić information content (AvgIpc) is 2.64. The third kappa shape index (κ3) is 8.52. The number of hydrogen-bond acceptors (Lipinski definition) is 0. The fourth-order valence-electron chi connectivity index (χ4n) is 3.45. The second-order valence-corrected chi connectivity index (χ2v) is 6.51. The summed E-state index contributed by atoms with van der Waals surface area (Å²) in [5.74, 6) is 2.10. The molecule has 2 unspecified atom stereocenters. The predicted octanol–water partition coefficient (Wildman–Crippen LogP) is 7.86. The Hall–Kier alpha value is -1.30. The molecule has 2 rings (SSSR count). The molecule has 0 aliphatic heterocycles. The maximum atomic E-state index is 4.26. The lowest BCUT2D eigenvalue weighted by atomic mass is 9.76. The van der Waals surface area contributed by atoms with Gasteiger partial charge in [0.05, 0.1) is 0 Å². The average molecular weight is 329 g/mol. The molecule has 0 aromatic heterocycles. The number of allylic oxidation sites excluding steroid dienone is 3. The van der Waals surface area contributed by atoms with Crippen LogP contribution in [0.3, 0.4) is 0 Å². The Morgan fingerprint density at radius 2 is 1.75 bits per heavy atom. The van der Waals surface area contributed by atoms with E-state index in [1.54, 1.807) is 0 Å². The molecule has 1 aliphatic rings. The van der Waals surface area contributed by atoms with Crippen molar-refractivity contribution in [2.45, 2.75) is 73.6 Å². The normalized spacial score (nSPS) is 18.3. The fourth-order valence-corrected chi connectivity index (χ4v) is 3.45. The number of benzene rings is 1. The van der Waals surface area contributed by atoms with Crippen LogP contribution < -0.4 is 0 Å². The topological polar surface area (TPSA) is 0 Å². The van der Waals surface area contributed by atoms with E-state index in [1.807, 2.05) is 27.7 Å². The van der Waals surface area contributed by atoms with E-state index in [-0.39, 0.29) is 0 Å². The molecule has 0 amide bonds. The summed E-state index contributed by atoms with van der Waals surface area (Å²) in [5, 5.41) is 0. The molecule has 3 atom stereocenters. The number of rotatable bonds is 6. The molecule has 0 N–H and O–H groups in total. The van der Waals surface area contributed by atoms with Crippen molar-refractivity contribution in [2.24, 2.45) is 17.8 Å². The van der Waals surface area contributed by atoms with E-state index in [4.69, 9.17) is 0 Å². The van der Waals surface area contributed by atoms with Crippen LogP contribution in [0.25, 0.3) is 0 Å². The van der Waals surface area contributed by atoms with Gasteiger partial charge < -0.3 is 0 Å². The van der Waals surface area contributed by atoms with Crippen LogP contribution in [0.2, 0.25) is 0 Å². The Balaban J connectivity index is 0.00000123. The van der Waals surface area contributed by atoms with E-state index >= 15 is 0 Å². The smallest absolute Gasteiger partial charge is 0.0143 e. The summed E-state index contributed by atoms with van der Waals surface area (Å²) in [6.07, 6.45) is 11.2. The van der Waals surface area contributed by atoms with Crippen molar-refractivity contribution >= 4 is 0 Å². The van der Waals surface area contributed by atoms with Crippen LogP contribution in [0.15, 0.2) is 54.6 Å². The van der Waals surface area contributed by atoms with Crippen LogP contribution in [0.1, 0.15) is 72.8 Å². The zero-order chi connectivity index (χ0) is 18.4. The maximum absolute atomic E-state index is 4.26. The molecular formula is C24H40. The summed E-state index contributed by atoms with van der Waals surface area (Å²) >= 11 is 0. The molecule has 0 spiro atoms. The second-order valence-electron chi connectivity index (χ2n) is 6.51. The largest absolute Gasteiger partial charge is 0.0998 e. The van der Waals surface area contributed by atoms with Gasteiger partial charge in [-0.3, -0.25) is 0 Å². The van der Waals surface area contributed by atoms with Crippen molar-refractivity contribution in [3.05, 3.63) is 60.2 Å². The summed E-state index contributed by atoms with van der Waals surface area (Å²) in [6.45, 7) is 16.9. The molecular weight excluding hydrogens is 288 g/mol. The molecule has 0 radical (unpaired) electrons. The van der Waals surface area contributed by atoms with Crippen LogP contribution in [-0.2, 0) is 6.42 Å². The van der Waals surface area contributed by atoms with Crippen molar-refractivity contribution in [3.8, 4) is 0 Å². The Kier molecular flexibility index (Phi) is 13.3. The minimum absolute atomic E-state index is 0.658. The summed E-state index contributed by atoms with van der Waals surface area (Å²) in [6, 6.07) is 10.9. The van der Waals surface area contributed by atoms with Gasteiger partial charge in [0.2, 0.25) is 0 Å². The first-order chi connectivity index (χ1) is 11.7. The molecule has 1 aromatic rings. The summed E-state index contributed by atoms with van der Waals surface area (Å²) in [5.41, 5.74) is 2.82. The summed E-state index contributed by atoms with van der Waals surface area (Å²) in [4.78, 5) is 0. The van der Waals surface area contributed by atoms with E-state index in [0.29, 0.717) is 5.92 Å². The van der Waals surface area contributed by atoms with Gasteiger partial charge in [0.25, 0.3) is 0 Å². The van der Waals surface area contributed by atoms with Crippen molar-refractivity contribution < 1.29 is 0 Å². The van der Waals surface area contributed by atoms with Crippen molar-refractivity contribution in [3.63, 3.8) is 0 Å². The van der Waals surface area contributed by atoms with E-state index < -0.39 is 0 Å². The quantitative estimate of drug-likeness (QED) is 0.466. The van der Waals surface area contributed by atoms with Crippen LogP contribution in [0, 0.1) is 17.8 Å². The first kappa shape index (κ1) is 22.7. The molecule has 0 saturated carbocycles. The summed E-state index contributed by atoms with van der Waals surface area (Å²) in [7, 11) is 0. The number of hydrogen-bond donors (Lipinski definition) is 0. The van der Waals surface area contributed by atoms with Gasteiger partial charge in [-0.05, 0) is 62.3 Å². The van der Waals surface area contributed by atoms with E-state index in [2.05, 4.69) is 62.9 Å². The van der Waals surface area contributed by atoms with Gasteiger partial charge in [0.15, 0.2) is 0 Å². The first-order valence-corrected chi connectivity index (χ1v) is 10.0. The third-order valence-electron chi connectivity index (χ3n) is 4.52. The highest BCUT2D eigenvalue weighted by molar-refractivity contribution is 5.15. The van der Waals surface area contributed by atoms with Gasteiger partial charge in [-0.25, -0.2) is 0 Å². The standard InChI is InChI=1S/C20H28.2C2H6/c1-16(2)20(19-12-8-5-9-13-19)15-17(3)14-18-10-6-4-7-11-18;2*1-2/h4,6-8,10-12,17,19-20H,1,5,9,13-15H2,2-3H3;2*1-2H3/t17-,19?,20?;;/m0../s1. The Morgan fingerprint density at radius 1 is 1.12 bits per heavy atom. The molecule has 0 heteroatoms. The molecule has 24 heavy (non-hydrogen) atoms. The van der Waals surface area contributed by atoms with Gasteiger partial charge in [0.1, 0.15) is 0 Å². The SMILES string of the molecule is C=C(C)C(C[C@@H](C)Cc1ccccc1)C1C=CCCC1.CC.CC. The Bertz CT molecular complexity index is 440. The van der Waals surface area contributed by atoms with E-state index in [9.17, 15) is 0 Å². The Labute approximate surface area is 152 Å². The van der Waals surface area contributed by atoms with Crippen LogP contribution in [-0.4, -0.2) is 0 Å². The van der Waals surface area contributed by atoms with E-state index in [0.717, 1.165) is 11.8 Å². The molecule has 0 saturated heterocycles. The highest BCUT2D eigenvalue weighted by atomic mass is 14.3. The van der Waals surface area contributed by atoms with Crippen LogP contribution in [0.4, 0.5) is 0 Å². The second kappa shape index (κ2) is 14.1. The Morgan fingerprint density at radius 3 is 2.25 bits per heavy atom.